The van der Waals surface area contributed by atoms with Crippen LogP contribution in [0, 0.1) is 12.7 Å². The first-order valence-electron chi connectivity index (χ1n) is 6.15. The van der Waals surface area contributed by atoms with Gasteiger partial charge in [0.15, 0.2) is 0 Å². The van der Waals surface area contributed by atoms with Gasteiger partial charge < -0.3 is 4.52 Å². The molecular weight excluding hydrogens is 279 g/mol. The lowest BCUT2D eigenvalue weighted by Gasteiger charge is -2.11. The average molecular weight is 294 g/mol. The number of carbonyl (C=O) groups excluding carboxylic acids is 1. The lowest BCUT2D eigenvalue weighted by molar-refractivity contribution is -0.113. The van der Waals surface area contributed by atoms with Crippen molar-refractivity contribution in [3.8, 4) is 0 Å². The first-order chi connectivity index (χ1) is 9.56. The molecule has 0 spiro atoms. The standard InChI is InChI=1S/C14H15FN2O2S/c1-9-7-14(19-17-9)16-13(18)8-20-10(2)11-5-3-4-6-12(11)15/h3-7,10H,8H2,1-2H3,(H,16,18)/t10-/m1/s1. The fourth-order valence-corrected chi connectivity index (χ4v) is 2.54. The number of anilines is 1. The van der Waals surface area contributed by atoms with Gasteiger partial charge in [0.1, 0.15) is 5.82 Å². The van der Waals surface area contributed by atoms with Gasteiger partial charge in [-0.05, 0) is 19.9 Å². The molecule has 1 amide bonds. The Kier molecular flexibility index (Phi) is 4.79. The largest absolute Gasteiger partial charge is 0.338 e. The lowest BCUT2D eigenvalue weighted by atomic mass is 10.1. The minimum absolute atomic E-state index is 0.0987. The van der Waals surface area contributed by atoms with Gasteiger partial charge in [-0.15, -0.1) is 11.8 Å². The van der Waals surface area contributed by atoms with E-state index in [2.05, 4.69) is 10.5 Å². The van der Waals surface area contributed by atoms with Crippen molar-refractivity contribution >= 4 is 23.6 Å². The number of thioether (sulfide) groups is 1. The van der Waals surface area contributed by atoms with Crippen LogP contribution in [0.3, 0.4) is 0 Å². The van der Waals surface area contributed by atoms with Crippen molar-refractivity contribution in [2.75, 3.05) is 11.1 Å². The molecule has 0 fully saturated rings. The van der Waals surface area contributed by atoms with E-state index in [9.17, 15) is 9.18 Å². The Balaban J connectivity index is 1.85. The summed E-state index contributed by atoms with van der Waals surface area (Å²) in [5.41, 5.74) is 1.30. The molecule has 1 aromatic heterocycles. The number of hydrogen-bond donors (Lipinski definition) is 1. The Morgan fingerprint density at radius 3 is 2.90 bits per heavy atom. The van der Waals surface area contributed by atoms with Crippen LogP contribution in [0.5, 0.6) is 0 Å². The van der Waals surface area contributed by atoms with Crippen molar-refractivity contribution in [1.29, 1.82) is 0 Å². The fraction of sp³-hybridized carbons (Fsp3) is 0.286. The van der Waals surface area contributed by atoms with Crippen LogP contribution >= 0.6 is 11.8 Å². The molecular formula is C14H15FN2O2S. The average Bonchev–Trinajstić information content (AvgIpc) is 2.82. The number of halogens is 1. The number of rotatable bonds is 5. The van der Waals surface area contributed by atoms with Gasteiger partial charge in [-0.2, -0.15) is 0 Å². The van der Waals surface area contributed by atoms with Crippen LogP contribution in [0.25, 0.3) is 0 Å². The summed E-state index contributed by atoms with van der Waals surface area (Å²) in [5, 5.41) is 6.18. The summed E-state index contributed by atoms with van der Waals surface area (Å²) in [6.45, 7) is 3.64. The van der Waals surface area contributed by atoms with Crippen molar-refractivity contribution < 1.29 is 13.7 Å². The van der Waals surface area contributed by atoms with Crippen LogP contribution in [0.15, 0.2) is 34.9 Å². The molecule has 0 aliphatic rings. The maximum atomic E-state index is 13.6. The first-order valence-corrected chi connectivity index (χ1v) is 7.20. The predicted octanol–water partition coefficient (Wildman–Crippen LogP) is 3.56. The molecule has 4 nitrogen and oxygen atoms in total. The van der Waals surface area contributed by atoms with Crippen LogP contribution in [0.2, 0.25) is 0 Å². The molecule has 0 bridgehead atoms. The molecule has 0 radical (unpaired) electrons. The lowest BCUT2D eigenvalue weighted by Crippen LogP contribution is -2.14. The molecule has 0 saturated heterocycles. The van der Waals surface area contributed by atoms with Crippen LogP contribution in [0.1, 0.15) is 23.4 Å². The zero-order valence-electron chi connectivity index (χ0n) is 11.2. The summed E-state index contributed by atoms with van der Waals surface area (Å²) in [4.78, 5) is 11.7. The molecule has 0 aliphatic carbocycles. The molecule has 2 rings (SSSR count). The van der Waals surface area contributed by atoms with Crippen LogP contribution < -0.4 is 5.32 Å². The Morgan fingerprint density at radius 1 is 1.50 bits per heavy atom. The highest BCUT2D eigenvalue weighted by molar-refractivity contribution is 8.00. The molecule has 0 aliphatic heterocycles. The van der Waals surface area contributed by atoms with E-state index in [-0.39, 0.29) is 22.7 Å². The van der Waals surface area contributed by atoms with Gasteiger partial charge in [0.2, 0.25) is 11.8 Å². The van der Waals surface area contributed by atoms with E-state index < -0.39 is 0 Å². The van der Waals surface area contributed by atoms with E-state index >= 15 is 0 Å². The number of nitrogens with one attached hydrogen (secondary N) is 1. The number of amides is 1. The summed E-state index contributed by atoms with van der Waals surface area (Å²) < 4.78 is 18.5. The Morgan fingerprint density at radius 2 is 2.25 bits per heavy atom. The molecule has 1 heterocycles. The number of aryl methyl sites for hydroxylation is 1. The van der Waals surface area contributed by atoms with Crippen LogP contribution in [0.4, 0.5) is 10.3 Å². The zero-order chi connectivity index (χ0) is 14.5. The van der Waals surface area contributed by atoms with Gasteiger partial charge in [0, 0.05) is 16.9 Å². The third-order valence-electron chi connectivity index (χ3n) is 2.70. The number of carbonyl (C=O) groups is 1. The van der Waals surface area contributed by atoms with Gasteiger partial charge in [-0.3, -0.25) is 10.1 Å². The second-order valence-electron chi connectivity index (χ2n) is 4.36. The Bertz CT molecular complexity index is 600. The number of benzene rings is 1. The zero-order valence-corrected chi connectivity index (χ0v) is 12.0. The minimum atomic E-state index is -0.251. The number of hydrogen-bond acceptors (Lipinski definition) is 4. The molecule has 106 valence electrons. The van der Waals surface area contributed by atoms with E-state index in [1.807, 2.05) is 6.92 Å². The molecule has 0 unspecified atom stereocenters. The molecule has 0 saturated carbocycles. The van der Waals surface area contributed by atoms with Crippen molar-refractivity contribution in [2.45, 2.75) is 19.1 Å². The molecule has 1 N–H and O–H groups in total. The van der Waals surface area contributed by atoms with Gasteiger partial charge >= 0.3 is 0 Å². The Labute approximate surface area is 120 Å². The summed E-state index contributed by atoms with van der Waals surface area (Å²) in [7, 11) is 0. The minimum Gasteiger partial charge on any atom is -0.338 e. The normalized spacial score (nSPS) is 12.2. The maximum absolute atomic E-state index is 13.6. The van der Waals surface area contributed by atoms with Gasteiger partial charge in [0.25, 0.3) is 0 Å². The van der Waals surface area contributed by atoms with E-state index in [0.29, 0.717) is 17.1 Å². The van der Waals surface area contributed by atoms with Crippen molar-refractivity contribution in [1.82, 2.24) is 5.16 Å². The topological polar surface area (TPSA) is 55.1 Å². The van der Waals surface area contributed by atoms with Crippen LogP contribution in [-0.4, -0.2) is 16.8 Å². The first kappa shape index (κ1) is 14.6. The maximum Gasteiger partial charge on any atom is 0.236 e. The summed E-state index contributed by atoms with van der Waals surface area (Å²) in [6.07, 6.45) is 0. The van der Waals surface area contributed by atoms with E-state index in [0.717, 1.165) is 0 Å². The highest BCUT2D eigenvalue weighted by atomic mass is 32.2. The number of nitrogens with zero attached hydrogens (tertiary/aromatic N) is 1. The molecule has 2 aromatic rings. The SMILES string of the molecule is Cc1cc(NC(=O)CS[C@H](C)c2ccccc2F)on1. The smallest absolute Gasteiger partial charge is 0.236 e. The van der Waals surface area contributed by atoms with Gasteiger partial charge in [0.05, 0.1) is 11.4 Å². The van der Waals surface area contributed by atoms with E-state index in [1.165, 1.54) is 17.8 Å². The predicted molar refractivity (Wildman–Crippen MR) is 77.1 cm³/mol. The molecule has 6 heteroatoms. The monoisotopic (exact) mass is 294 g/mol. The second-order valence-corrected chi connectivity index (χ2v) is 5.68. The van der Waals surface area contributed by atoms with Crippen molar-refractivity contribution in [3.63, 3.8) is 0 Å². The summed E-state index contributed by atoms with van der Waals surface area (Å²) in [5.74, 6) is 0.0923. The highest BCUT2D eigenvalue weighted by Gasteiger charge is 2.13. The quantitative estimate of drug-likeness (QED) is 0.916. The Hall–Kier alpha value is -1.82. The summed E-state index contributed by atoms with van der Waals surface area (Å²) >= 11 is 1.36. The molecule has 20 heavy (non-hydrogen) atoms. The summed E-state index contributed by atoms with van der Waals surface area (Å²) in [6, 6.07) is 8.22. The number of aromatic nitrogens is 1. The van der Waals surface area contributed by atoms with Crippen LogP contribution in [-0.2, 0) is 4.79 Å². The third-order valence-corrected chi connectivity index (χ3v) is 3.88. The van der Waals surface area contributed by atoms with E-state index in [1.54, 1.807) is 31.2 Å². The van der Waals surface area contributed by atoms with Crippen molar-refractivity contribution in [2.24, 2.45) is 0 Å². The highest BCUT2D eigenvalue weighted by Crippen LogP contribution is 2.29. The van der Waals surface area contributed by atoms with Gasteiger partial charge in [-0.1, -0.05) is 23.4 Å². The van der Waals surface area contributed by atoms with E-state index in [4.69, 9.17) is 4.52 Å². The third kappa shape index (κ3) is 3.84. The fourth-order valence-electron chi connectivity index (χ4n) is 1.69. The molecule has 1 atom stereocenters. The van der Waals surface area contributed by atoms with Crippen molar-refractivity contribution in [3.05, 3.63) is 47.4 Å². The van der Waals surface area contributed by atoms with Gasteiger partial charge in [-0.25, -0.2) is 4.39 Å². The second kappa shape index (κ2) is 6.56. The molecule has 1 aromatic carbocycles.